The number of hydrogen-bond acceptors (Lipinski definition) is 10. The van der Waals surface area contributed by atoms with E-state index in [1.165, 1.54) is 18.2 Å². The minimum atomic E-state index is -1.10. The summed E-state index contributed by atoms with van der Waals surface area (Å²) in [5.74, 6) is -2.12. The molecule has 16 heteroatoms. The van der Waals surface area contributed by atoms with Crippen LogP contribution < -0.4 is 26.1 Å². The number of phenolic OH excluding ortho intramolecular Hbond substituents is 1. The van der Waals surface area contributed by atoms with Gasteiger partial charge in [-0.1, -0.05) is 30.2 Å². The third-order valence-corrected chi connectivity index (χ3v) is 12.0. The van der Waals surface area contributed by atoms with Gasteiger partial charge in [-0.15, -0.1) is 0 Å². The summed E-state index contributed by atoms with van der Waals surface area (Å²) in [6, 6.07) is 15.3. The Hall–Kier alpha value is -7.00. The maximum Gasteiger partial charge on any atom is 0.251 e. The minimum absolute atomic E-state index is 0.0125. The predicted molar refractivity (Wildman–Crippen MR) is 245 cm³/mol. The van der Waals surface area contributed by atoms with Gasteiger partial charge in [-0.25, -0.2) is 8.78 Å². The van der Waals surface area contributed by atoms with Crippen molar-refractivity contribution >= 4 is 46.6 Å². The molecule has 0 spiro atoms. The van der Waals surface area contributed by atoms with Crippen LogP contribution in [0.4, 0.5) is 8.78 Å². The predicted octanol–water partition coefficient (Wildman–Crippen LogP) is 8.42. The van der Waals surface area contributed by atoms with Gasteiger partial charge in [-0.3, -0.25) is 24.0 Å². The molecule has 4 N–H and O–H groups in total. The number of rotatable bonds is 20. The zero-order valence-electron chi connectivity index (χ0n) is 36.4. The van der Waals surface area contributed by atoms with Gasteiger partial charge in [0.2, 0.25) is 17.2 Å². The molecule has 2 atom stereocenters. The molecule has 344 valence electrons. The summed E-state index contributed by atoms with van der Waals surface area (Å²) in [4.78, 5) is 65.3. The molecule has 0 fully saturated rings. The number of nitrogens with zero attached hydrogens (tertiary/aromatic N) is 1. The van der Waals surface area contributed by atoms with Gasteiger partial charge in [-0.2, -0.15) is 0 Å². The van der Waals surface area contributed by atoms with Crippen LogP contribution in [0, 0.1) is 17.6 Å². The zero-order chi connectivity index (χ0) is 46.9. The molecule has 0 aromatic heterocycles. The summed E-state index contributed by atoms with van der Waals surface area (Å²) in [6.45, 7) is 3.54. The van der Waals surface area contributed by atoms with E-state index in [0.29, 0.717) is 81.9 Å². The molecule has 2 aliphatic carbocycles. The number of nitrogens with one attached hydrogen (secondary N) is 3. The lowest BCUT2D eigenvalue weighted by molar-refractivity contribution is -0.122. The lowest BCUT2D eigenvalue weighted by atomic mass is 9.88. The number of ether oxygens (including phenoxy) is 2. The van der Waals surface area contributed by atoms with Crippen LogP contribution in [0.25, 0.3) is 33.4 Å². The summed E-state index contributed by atoms with van der Waals surface area (Å²) in [5, 5.41) is 19.5. The van der Waals surface area contributed by atoms with Crippen LogP contribution in [0.3, 0.4) is 0 Å². The lowest BCUT2D eigenvalue weighted by Crippen LogP contribution is -2.35. The molecule has 0 bridgehead atoms. The first kappa shape index (κ1) is 47.0. The summed E-state index contributed by atoms with van der Waals surface area (Å²) < 4.78 is 46.5. The molecular weight excluding hydrogens is 874 g/mol. The molecule has 4 aliphatic rings. The van der Waals surface area contributed by atoms with Gasteiger partial charge in [0.05, 0.1) is 19.6 Å². The first-order chi connectivity index (χ1) is 31.8. The highest BCUT2D eigenvalue weighted by Crippen LogP contribution is 2.43. The van der Waals surface area contributed by atoms with Crippen molar-refractivity contribution in [1.82, 2.24) is 20.9 Å². The van der Waals surface area contributed by atoms with Crippen molar-refractivity contribution in [2.24, 2.45) is 5.92 Å². The van der Waals surface area contributed by atoms with E-state index in [1.807, 2.05) is 31.2 Å². The summed E-state index contributed by atoms with van der Waals surface area (Å²) >= 11 is 6.03. The summed E-state index contributed by atoms with van der Waals surface area (Å²) in [7, 11) is 1.62. The topological polar surface area (TPSA) is 177 Å². The average Bonchev–Trinajstić information content (AvgIpc) is 3.56. The first-order valence-corrected chi connectivity index (χ1v) is 22.0. The molecular formula is C50H49ClF2N4O9. The third kappa shape index (κ3) is 10.9. The summed E-state index contributed by atoms with van der Waals surface area (Å²) in [5.41, 5.74) is 1.62. The Bertz CT molecular complexity index is 2770. The van der Waals surface area contributed by atoms with E-state index in [9.17, 15) is 37.9 Å². The Morgan fingerprint density at radius 3 is 2.35 bits per heavy atom. The van der Waals surface area contributed by atoms with E-state index in [1.54, 1.807) is 19.2 Å². The second-order valence-electron chi connectivity index (χ2n) is 16.1. The number of halogens is 3. The molecule has 2 heterocycles. The Kier molecular flexibility index (Phi) is 15.2. The van der Waals surface area contributed by atoms with E-state index in [0.717, 1.165) is 41.3 Å². The lowest BCUT2D eigenvalue weighted by Gasteiger charge is -2.30. The highest BCUT2D eigenvalue weighted by molar-refractivity contribution is 6.30. The Balaban J connectivity index is 0.823. The van der Waals surface area contributed by atoms with E-state index in [-0.39, 0.29) is 74.7 Å². The minimum Gasteiger partial charge on any atom is -0.505 e. The summed E-state index contributed by atoms with van der Waals surface area (Å²) in [6.07, 6.45) is 10.3. The number of benzene rings is 4. The van der Waals surface area contributed by atoms with Gasteiger partial charge in [0.15, 0.2) is 30.4 Å². The fraction of sp³-hybridized carbons (Fsp3) is 0.300. The number of amides is 3. The number of fused-ring (bicyclic) bond motifs is 3. The molecule has 66 heavy (non-hydrogen) atoms. The van der Waals surface area contributed by atoms with Crippen molar-refractivity contribution in [1.29, 1.82) is 0 Å². The van der Waals surface area contributed by atoms with Crippen molar-refractivity contribution in [2.75, 3.05) is 33.5 Å². The monoisotopic (exact) mass is 922 g/mol. The Labute approximate surface area is 384 Å². The van der Waals surface area contributed by atoms with Gasteiger partial charge in [-0.05, 0) is 104 Å². The molecule has 2 aliphatic heterocycles. The number of methoxy groups -OCH3 is 1. The fourth-order valence-electron chi connectivity index (χ4n) is 8.27. The quantitative estimate of drug-likeness (QED) is 0.0337. The number of unbranched alkanes of at least 4 members (excludes halogenated alkanes) is 3. The second-order valence-corrected chi connectivity index (χ2v) is 16.5. The van der Waals surface area contributed by atoms with E-state index in [4.69, 9.17) is 25.5 Å². The second kappa shape index (κ2) is 21.3. The normalized spacial score (nSPS) is 15.4. The third-order valence-electron chi connectivity index (χ3n) is 11.8. The number of hydrogen-bond donors (Lipinski definition) is 4. The van der Waals surface area contributed by atoms with Crippen molar-refractivity contribution in [3.63, 3.8) is 0 Å². The van der Waals surface area contributed by atoms with E-state index >= 15 is 0 Å². The van der Waals surface area contributed by atoms with Crippen molar-refractivity contribution in [3.05, 3.63) is 140 Å². The number of phenols is 1. The Morgan fingerprint density at radius 1 is 0.879 bits per heavy atom. The number of allylic oxidation sites excluding steroid dienone is 2. The highest BCUT2D eigenvalue weighted by atomic mass is 35.5. The van der Waals surface area contributed by atoms with Crippen LogP contribution in [0.5, 0.6) is 11.5 Å². The van der Waals surface area contributed by atoms with Crippen LogP contribution in [-0.2, 0) is 14.3 Å². The molecule has 0 saturated heterocycles. The van der Waals surface area contributed by atoms with Crippen LogP contribution in [0.15, 0.2) is 111 Å². The van der Waals surface area contributed by atoms with Crippen LogP contribution in [0.2, 0.25) is 5.02 Å². The molecule has 13 nitrogen and oxygen atoms in total. The molecule has 3 amide bonds. The number of aromatic hydroxyl groups is 1. The van der Waals surface area contributed by atoms with Crippen molar-refractivity contribution in [3.8, 4) is 33.9 Å². The van der Waals surface area contributed by atoms with Crippen LogP contribution in [0.1, 0.15) is 72.6 Å². The van der Waals surface area contributed by atoms with Gasteiger partial charge in [0, 0.05) is 82.5 Å². The zero-order valence-corrected chi connectivity index (χ0v) is 37.1. The molecule has 0 saturated carbocycles. The highest BCUT2D eigenvalue weighted by Gasteiger charge is 2.39. The maximum atomic E-state index is 14.6. The van der Waals surface area contributed by atoms with Crippen molar-refractivity contribution < 1.29 is 47.0 Å². The van der Waals surface area contributed by atoms with Gasteiger partial charge < -0.3 is 39.8 Å². The first-order valence-electron chi connectivity index (χ1n) is 21.6. The number of carbonyl (C=O) groups excluding carboxylic acids is 4. The Morgan fingerprint density at radius 2 is 1.61 bits per heavy atom. The SMILES string of the molecule is COC1=CC2C(CC(=O)NCCCCNC(=O)CCCCCNC(=O)c3ccc(C=O)c(-c4c5cc(F)c(=O)cc-5oc5cc(O)c(F)cc45)c3)=C(C)N(COc3ccc(Cl)cc3)C2C=C1. The van der Waals surface area contributed by atoms with E-state index < -0.39 is 28.7 Å². The smallest absolute Gasteiger partial charge is 0.251 e. The molecule has 7 rings (SSSR count). The fourth-order valence-corrected chi connectivity index (χ4v) is 8.39. The standard InChI is InChI=1S/C50H49ClF2N4O9/c1-29-35(37-21-34(64-2)15-16-42(37)57(29)28-65-33-13-11-32(51)12-14-33)24-48(62)55-18-7-6-17-54-47(61)8-4-3-5-19-56-50(63)30-9-10-31(27-58)36(20-30)49-38-22-40(52)43(59)25-45(38)66-46-26-44(60)41(53)23-39(46)49/h9-16,20-23,25-27,37,42,59H,3-8,17-19,24,28H2,1-2H3,(H,54,61)(H,55,62)(H,56,63). The number of aldehydes is 1. The van der Waals surface area contributed by atoms with Crippen LogP contribution in [-0.4, -0.2) is 73.5 Å². The molecule has 3 aromatic carbocycles. The van der Waals surface area contributed by atoms with E-state index in [2.05, 4.69) is 26.9 Å². The van der Waals surface area contributed by atoms with Gasteiger partial charge in [0.25, 0.3) is 5.91 Å². The van der Waals surface area contributed by atoms with Crippen molar-refractivity contribution in [2.45, 2.75) is 57.9 Å². The largest absolute Gasteiger partial charge is 0.505 e. The maximum absolute atomic E-state index is 14.6. The average molecular weight is 923 g/mol. The molecule has 3 aromatic rings. The van der Waals surface area contributed by atoms with Gasteiger partial charge >= 0.3 is 0 Å². The molecule has 2 unspecified atom stereocenters. The van der Waals surface area contributed by atoms with Gasteiger partial charge in [0.1, 0.15) is 22.9 Å². The molecule has 0 radical (unpaired) electrons. The van der Waals surface area contributed by atoms with Crippen LogP contribution >= 0.6 is 11.6 Å². The number of carbonyl (C=O) groups is 4.